The van der Waals surface area contributed by atoms with Crippen molar-refractivity contribution in [3.63, 3.8) is 0 Å². The molecule has 0 fully saturated rings. The molecule has 0 bridgehead atoms. The quantitative estimate of drug-likeness (QED) is 0.487. The molecule has 0 saturated heterocycles. The van der Waals surface area contributed by atoms with Crippen LogP contribution in [0.5, 0.6) is 5.75 Å². The molecule has 156 valence electrons. The molecule has 1 N–H and O–H groups in total. The van der Waals surface area contributed by atoms with Crippen molar-refractivity contribution in [1.29, 1.82) is 0 Å². The van der Waals surface area contributed by atoms with Crippen LogP contribution in [-0.4, -0.2) is 56.7 Å². The molecule has 2 aromatic carbocycles. The lowest BCUT2D eigenvalue weighted by atomic mass is 10.3. The van der Waals surface area contributed by atoms with Crippen molar-refractivity contribution in [2.75, 3.05) is 33.8 Å². The Hall–Kier alpha value is -2.42. The van der Waals surface area contributed by atoms with Crippen LogP contribution in [0.4, 0.5) is 0 Å². The van der Waals surface area contributed by atoms with E-state index in [0.717, 1.165) is 24.0 Å². The van der Waals surface area contributed by atoms with Crippen molar-refractivity contribution in [1.82, 2.24) is 19.2 Å². The highest BCUT2D eigenvalue weighted by Gasteiger charge is 2.13. The second kappa shape index (κ2) is 9.87. The van der Waals surface area contributed by atoms with Gasteiger partial charge in [0.25, 0.3) is 0 Å². The summed E-state index contributed by atoms with van der Waals surface area (Å²) in [5.74, 6) is 0.676. The van der Waals surface area contributed by atoms with Gasteiger partial charge >= 0.3 is 0 Å². The highest BCUT2D eigenvalue weighted by atomic mass is 32.2. The molecule has 29 heavy (non-hydrogen) atoms. The highest BCUT2D eigenvalue weighted by molar-refractivity contribution is 7.89. The molecular weight excluding hydrogens is 388 g/mol. The molecule has 0 radical (unpaired) electrons. The predicted octanol–water partition coefficient (Wildman–Crippen LogP) is 2.74. The molecule has 0 amide bonds. The van der Waals surface area contributed by atoms with Crippen molar-refractivity contribution in [2.45, 2.75) is 24.3 Å². The lowest BCUT2D eigenvalue weighted by Gasteiger charge is -2.11. The summed E-state index contributed by atoms with van der Waals surface area (Å²) in [6, 6.07) is 14.4. The molecule has 7 nitrogen and oxygen atoms in total. The Morgan fingerprint density at radius 1 is 1.07 bits per heavy atom. The number of sulfonamides is 1. The van der Waals surface area contributed by atoms with Crippen LogP contribution in [0.15, 0.2) is 59.8 Å². The molecule has 0 aliphatic rings. The summed E-state index contributed by atoms with van der Waals surface area (Å²) >= 11 is 0. The lowest BCUT2D eigenvalue weighted by Crippen LogP contribution is -2.25. The van der Waals surface area contributed by atoms with E-state index in [4.69, 9.17) is 4.74 Å². The van der Waals surface area contributed by atoms with Crippen LogP contribution in [0.2, 0.25) is 0 Å². The van der Waals surface area contributed by atoms with E-state index in [1.807, 2.05) is 42.9 Å². The fraction of sp³-hybridized carbons (Fsp3) is 0.381. The SMILES string of the molecule is CN(C)CCCOc1ccc(S(=O)(=O)NCCCn2cnc3ccccc32)cc1. The zero-order valence-corrected chi connectivity index (χ0v) is 17.7. The van der Waals surface area contributed by atoms with Crippen LogP contribution in [-0.2, 0) is 16.6 Å². The summed E-state index contributed by atoms with van der Waals surface area (Å²) in [4.78, 5) is 6.69. The van der Waals surface area contributed by atoms with Crippen molar-refractivity contribution < 1.29 is 13.2 Å². The minimum absolute atomic E-state index is 0.242. The van der Waals surface area contributed by atoms with Crippen molar-refractivity contribution in [3.05, 3.63) is 54.9 Å². The molecule has 0 unspecified atom stereocenters. The zero-order chi connectivity index (χ0) is 20.7. The van der Waals surface area contributed by atoms with Gasteiger partial charge in [0.05, 0.1) is 28.9 Å². The molecule has 0 saturated carbocycles. The number of aryl methyl sites for hydroxylation is 1. The second-order valence-electron chi connectivity index (χ2n) is 7.15. The van der Waals surface area contributed by atoms with E-state index in [-0.39, 0.29) is 4.90 Å². The molecule has 0 aliphatic carbocycles. The fourth-order valence-corrected chi connectivity index (χ4v) is 4.09. The fourth-order valence-electron chi connectivity index (χ4n) is 3.01. The smallest absolute Gasteiger partial charge is 0.240 e. The van der Waals surface area contributed by atoms with E-state index in [1.165, 1.54) is 0 Å². The lowest BCUT2D eigenvalue weighted by molar-refractivity contribution is 0.281. The maximum atomic E-state index is 12.5. The first-order valence-electron chi connectivity index (χ1n) is 9.73. The van der Waals surface area contributed by atoms with Crippen LogP contribution in [0.25, 0.3) is 11.0 Å². The Bertz CT molecular complexity index is 1010. The Kier molecular flexibility index (Phi) is 7.24. The van der Waals surface area contributed by atoms with Gasteiger partial charge in [0, 0.05) is 19.6 Å². The second-order valence-corrected chi connectivity index (χ2v) is 8.92. The van der Waals surface area contributed by atoms with Gasteiger partial charge < -0.3 is 14.2 Å². The minimum atomic E-state index is -3.53. The number of benzene rings is 2. The number of ether oxygens (including phenoxy) is 1. The Labute approximate surface area is 172 Å². The van der Waals surface area contributed by atoms with Crippen LogP contribution in [0.1, 0.15) is 12.8 Å². The number of para-hydroxylation sites is 2. The van der Waals surface area contributed by atoms with Crippen molar-refractivity contribution >= 4 is 21.1 Å². The van der Waals surface area contributed by atoms with Crippen LogP contribution in [0.3, 0.4) is 0 Å². The number of nitrogens with one attached hydrogen (secondary N) is 1. The topological polar surface area (TPSA) is 76.5 Å². The summed E-state index contributed by atoms with van der Waals surface area (Å²) in [5.41, 5.74) is 1.99. The van der Waals surface area contributed by atoms with Gasteiger partial charge in [-0.1, -0.05) is 12.1 Å². The third-order valence-corrected chi connectivity index (χ3v) is 6.02. The van der Waals surface area contributed by atoms with E-state index in [0.29, 0.717) is 31.9 Å². The van der Waals surface area contributed by atoms with E-state index in [2.05, 4.69) is 14.6 Å². The first-order valence-corrected chi connectivity index (χ1v) is 11.2. The normalized spacial score (nSPS) is 12.0. The number of hydrogen-bond acceptors (Lipinski definition) is 5. The number of hydrogen-bond donors (Lipinski definition) is 1. The monoisotopic (exact) mass is 416 g/mol. The van der Waals surface area contributed by atoms with E-state index in [1.54, 1.807) is 30.6 Å². The van der Waals surface area contributed by atoms with Crippen molar-refractivity contribution in [2.24, 2.45) is 0 Å². The summed E-state index contributed by atoms with van der Waals surface area (Å²) in [7, 11) is 0.502. The van der Waals surface area contributed by atoms with Crippen LogP contribution < -0.4 is 9.46 Å². The number of imidazole rings is 1. The van der Waals surface area contributed by atoms with Crippen LogP contribution >= 0.6 is 0 Å². The average molecular weight is 417 g/mol. The molecule has 0 atom stereocenters. The number of aromatic nitrogens is 2. The molecule has 0 spiro atoms. The minimum Gasteiger partial charge on any atom is -0.494 e. The summed E-state index contributed by atoms with van der Waals surface area (Å²) in [6.07, 6.45) is 3.38. The average Bonchev–Trinajstić information content (AvgIpc) is 3.12. The molecule has 0 aliphatic heterocycles. The van der Waals surface area contributed by atoms with E-state index < -0.39 is 10.0 Å². The largest absolute Gasteiger partial charge is 0.494 e. The van der Waals surface area contributed by atoms with E-state index >= 15 is 0 Å². The van der Waals surface area contributed by atoms with Crippen LogP contribution in [0, 0.1) is 0 Å². The molecule has 1 aromatic heterocycles. The van der Waals surface area contributed by atoms with E-state index in [9.17, 15) is 8.42 Å². The third kappa shape index (κ3) is 6.03. The third-order valence-electron chi connectivity index (χ3n) is 4.55. The summed E-state index contributed by atoms with van der Waals surface area (Å²) < 4.78 is 35.3. The number of fused-ring (bicyclic) bond motifs is 1. The first-order chi connectivity index (χ1) is 14.0. The van der Waals surface area contributed by atoms with Gasteiger partial charge in [0.2, 0.25) is 10.0 Å². The highest BCUT2D eigenvalue weighted by Crippen LogP contribution is 2.16. The Morgan fingerprint density at radius 2 is 1.83 bits per heavy atom. The molecule has 8 heteroatoms. The van der Waals surface area contributed by atoms with Gasteiger partial charge in [-0.25, -0.2) is 18.1 Å². The van der Waals surface area contributed by atoms with Gasteiger partial charge in [-0.2, -0.15) is 0 Å². The Balaban J connectivity index is 1.46. The van der Waals surface area contributed by atoms with Gasteiger partial charge in [-0.15, -0.1) is 0 Å². The molecule has 3 aromatic rings. The van der Waals surface area contributed by atoms with Gasteiger partial charge in [-0.3, -0.25) is 0 Å². The summed E-state index contributed by atoms with van der Waals surface area (Å²) in [6.45, 7) is 2.61. The van der Waals surface area contributed by atoms with Gasteiger partial charge in [-0.05, 0) is 63.3 Å². The Morgan fingerprint density at radius 3 is 2.59 bits per heavy atom. The standard InChI is InChI=1S/C21H28N4O3S/c1-24(2)14-6-16-28-18-9-11-19(12-10-18)29(26,27)23-13-5-15-25-17-22-20-7-3-4-8-21(20)25/h3-4,7-12,17,23H,5-6,13-16H2,1-2H3. The maximum Gasteiger partial charge on any atom is 0.240 e. The molecule has 1 heterocycles. The molecular formula is C21H28N4O3S. The van der Waals surface area contributed by atoms with Crippen molar-refractivity contribution in [3.8, 4) is 5.75 Å². The maximum absolute atomic E-state index is 12.5. The van der Waals surface area contributed by atoms with Gasteiger partial charge in [0.15, 0.2) is 0 Å². The first kappa shape index (κ1) is 21.3. The molecule has 3 rings (SSSR count). The number of rotatable bonds is 11. The van der Waals surface area contributed by atoms with Gasteiger partial charge in [0.1, 0.15) is 5.75 Å². The zero-order valence-electron chi connectivity index (χ0n) is 16.9. The predicted molar refractivity (Wildman–Crippen MR) is 115 cm³/mol. The summed E-state index contributed by atoms with van der Waals surface area (Å²) in [5, 5.41) is 0. The number of nitrogens with zero attached hydrogens (tertiary/aromatic N) is 3.